The first-order chi connectivity index (χ1) is 19.8. The van der Waals surface area contributed by atoms with Crippen molar-refractivity contribution in [1.82, 2.24) is 15.2 Å². The van der Waals surface area contributed by atoms with Gasteiger partial charge in [-0.15, -0.1) is 0 Å². The summed E-state index contributed by atoms with van der Waals surface area (Å²) in [5, 5.41) is 3.21. The monoisotopic (exact) mass is 583 g/mol. The van der Waals surface area contributed by atoms with Gasteiger partial charge < -0.3 is 19.4 Å². The zero-order valence-corrected chi connectivity index (χ0v) is 23.3. The lowest BCUT2D eigenvalue weighted by atomic mass is 9.98. The Kier molecular flexibility index (Phi) is 7.70. The maximum absolute atomic E-state index is 15.4. The molecule has 5 rings (SSSR count). The molecule has 2 aromatic heterocycles. The summed E-state index contributed by atoms with van der Waals surface area (Å²) in [4.78, 5) is 30.4. The van der Waals surface area contributed by atoms with Crippen molar-refractivity contribution < 1.29 is 36.3 Å². The van der Waals surface area contributed by atoms with Crippen molar-refractivity contribution in [1.29, 1.82) is 0 Å². The van der Waals surface area contributed by atoms with Crippen LogP contribution < -0.4 is 5.32 Å². The van der Waals surface area contributed by atoms with Crippen molar-refractivity contribution in [3.63, 3.8) is 0 Å². The number of rotatable bonds is 5. The van der Waals surface area contributed by atoms with Gasteiger partial charge in [-0.05, 0) is 62.7 Å². The third kappa shape index (κ3) is 6.56. The highest BCUT2D eigenvalue weighted by atomic mass is 19.3. The summed E-state index contributed by atoms with van der Waals surface area (Å²) in [6.45, 7) is 5.00. The molecule has 0 saturated carbocycles. The van der Waals surface area contributed by atoms with Crippen LogP contribution in [0.5, 0.6) is 0 Å². The molecule has 0 bridgehead atoms. The van der Waals surface area contributed by atoms with E-state index >= 15 is 4.39 Å². The molecule has 1 N–H and O–H groups in total. The van der Waals surface area contributed by atoms with Crippen molar-refractivity contribution in [3.05, 3.63) is 77.7 Å². The molecule has 7 nitrogen and oxygen atoms in total. The molecule has 0 spiro atoms. The number of alkyl halides is 2. The normalized spacial score (nSPS) is 15.1. The minimum absolute atomic E-state index is 0.0215. The van der Waals surface area contributed by atoms with Crippen molar-refractivity contribution in [2.45, 2.75) is 51.7 Å². The predicted octanol–water partition coefficient (Wildman–Crippen LogP) is 7.34. The van der Waals surface area contributed by atoms with Crippen LogP contribution in [-0.4, -0.2) is 46.5 Å². The molecule has 1 aliphatic rings. The van der Waals surface area contributed by atoms with Crippen LogP contribution in [-0.2, 0) is 11.3 Å². The number of piperidine rings is 1. The number of amides is 2. The molecule has 3 heterocycles. The molecule has 0 unspecified atom stereocenters. The highest BCUT2D eigenvalue weighted by molar-refractivity contribution is 5.97. The Morgan fingerprint density at radius 3 is 2.36 bits per heavy atom. The molecular weight excluding hydrogens is 554 g/mol. The number of aromatic nitrogens is 1. The zero-order valence-electron chi connectivity index (χ0n) is 23.3. The van der Waals surface area contributed by atoms with E-state index < -0.39 is 48.0 Å². The van der Waals surface area contributed by atoms with E-state index in [0.29, 0.717) is 33.4 Å². The first kappa shape index (κ1) is 29.1. The fourth-order valence-corrected chi connectivity index (χ4v) is 4.73. The number of nitrogens with zero attached hydrogens (tertiary/aromatic N) is 2. The van der Waals surface area contributed by atoms with E-state index in [1.807, 2.05) is 0 Å². The molecule has 2 aromatic carbocycles. The van der Waals surface area contributed by atoms with Gasteiger partial charge in [0.15, 0.2) is 0 Å². The Bertz CT molecular complexity index is 1630. The largest absolute Gasteiger partial charge is 0.459 e. The van der Waals surface area contributed by atoms with Crippen LogP contribution in [0.25, 0.3) is 33.4 Å². The van der Waals surface area contributed by atoms with Gasteiger partial charge in [-0.2, -0.15) is 0 Å². The molecule has 11 heteroatoms. The Morgan fingerprint density at radius 2 is 1.71 bits per heavy atom. The van der Waals surface area contributed by atoms with Crippen LogP contribution in [0.15, 0.2) is 59.1 Å². The minimum atomic E-state index is -2.82. The number of carbonyl (C=O) groups is 2. The maximum Gasteiger partial charge on any atom is 0.408 e. The number of pyridine rings is 1. The first-order valence-corrected chi connectivity index (χ1v) is 13.4. The fraction of sp³-hybridized carbons (Fsp3) is 0.323. The van der Waals surface area contributed by atoms with Crippen molar-refractivity contribution >= 4 is 23.0 Å². The molecule has 2 amide bonds. The quantitative estimate of drug-likeness (QED) is 0.249. The number of furan rings is 1. The van der Waals surface area contributed by atoms with Crippen LogP contribution in [0, 0.1) is 11.6 Å². The number of carbonyl (C=O) groups excluding carboxylic acids is 2. The van der Waals surface area contributed by atoms with Crippen LogP contribution >= 0.6 is 0 Å². The van der Waals surface area contributed by atoms with E-state index in [-0.39, 0.29) is 30.9 Å². The first-order valence-electron chi connectivity index (χ1n) is 13.4. The third-order valence-corrected chi connectivity index (χ3v) is 6.77. The molecule has 42 heavy (non-hydrogen) atoms. The van der Waals surface area contributed by atoms with Crippen molar-refractivity contribution in [2.75, 3.05) is 13.1 Å². The van der Waals surface area contributed by atoms with Gasteiger partial charge in [0.05, 0.1) is 12.1 Å². The average molecular weight is 584 g/mol. The lowest BCUT2D eigenvalue weighted by Crippen LogP contribution is -2.42. The van der Waals surface area contributed by atoms with E-state index in [1.165, 1.54) is 23.2 Å². The van der Waals surface area contributed by atoms with Gasteiger partial charge in [-0.3, -0.25) is 9.78 Å². The summed E-state index contributed by atoms with van der Waals surface area (Å²) in [6, 6.07) is 11.7. The Hall–Kier alpha value is -4.41. The highest BCUT2D eigenvalue weighted by Crippen LogP contribution is 2.37. The van der Waals surface area contributed by atoms with Crippen LogP contribution in [0.1, 0.15) is 49.7 Å². The summed E-state index contributed by atoms with van der Waals surface area (Å²) in [6.07, 6.45) is -0.292. The standard InChI is InChI=1S/C31H29F4N3O4/c1-30(2,3)42-29(40)37-17-23-13-20-12-19(14-24(27(20)41-23)18-4-6-22(32)7-5-18)26-25(33)15-21(16-36-26)28(39)38-10-8-31(34,35)9-11-38/h4-7,12-16H,8-11,17H2,1-3H3,(H,37,40). The lowest BCUT2D eigenvalue weighted by Gasteiger charge is -2.31. The van der Waals surface area contributed by atoms with E-state index in [2.05, 4.69) is 10.3 Å². The van der Waals surface area contributed by atoms with Crippen molar-refractivity contribution in [3.8, 4) is 22.4 Å². The van der Waals surface area contributed by atoms with E-state index in [9.17, 15) is 22.8 Å². The third-order valence-electron chi connectivity index (χ3n) is 6.77. The Morgan fingerprint density at radius 1 is 1.02 bits per heavy atom. The van der Waals surface area contributed by atoms with Gasteiger partial charge in [-0.25, -0.2) is 22.4 Å². The van der Waals surface area contributed by atoms with Gasteiger partial charge >= 0.3 is 6.09 Å². The average Bonchev–Trinajstić information content (AvgIpc) is 3.34. The number of nitrogens with one attached hydrogen (secondary N) is 1. The second-order valence-corrected chi connectivity index (χ2v) is 11.2. The van der Waals surface area contributed by atoms with Crippen LogP contribution in [0.2, 0.25) is 0 Å². The van der Waals surface area contributed by atoms with E-state index in [4.69, 9.17) is 9.15 Å². The number of fused-ring (bicyclic) bond motifs is 1. The molecule has 1 fully saturated rings. The molecule has 1 saturated heterocycles. The van der Waals surface area contributed by atoms with Gasteiger partial charge in [0.1, 0.15) is 34.3 Å². The van der Waals surface area contributed by atoms with Gasteiger partial charge in [0.2, 0.25) is 0 Å². The van der Waals surface area contributed by atoms with Gasteiger partial charge in [-0.1, -0.05) is 12.1 Å². The second-order valence-electron chi connectivity index (χ2n) is 11.2. The zero-order chi connectivity index (χ0) is 30.2. The number of hydrogen-bond acceptors (Lipinski definition) is 5. The summed E-state index contributed by atoms with van der Waals surface area (Å²) in [5.41, 5.74) is 1.16. The molecule has 220 valence electrons. The Labute approximate surface area is 239 Å². The summed E-state index contributed by atoms with van der Waals surface area (Å²) in [7, 11) is 0. The number of halogens is 4. The lowest BCUT2D eigenvalue weighted by molar-refractivity contribution is -0.0494. The van der Waals surface area contributed by atoms with Gasteiger partial charge in [0, 0.05) is 48.6 Å². The number of benzene rings is 2. The molecular formula is C31H29F4N3O4. The van der Waals surface area contributed by atoms with E-state index in [1.54, 1.807) is 51.1 Å². The smallest absolute Gasteiger partial charge is 0.408 e. The summed E-state index contributed by atoms with van der Waals surface area (Å²) < 4.78 is 67.4. The van der Waals surface area contributed by atoms with Crippen molar-refractivity contribution in [2.24, 2.45) is 0 Å². The molecule has 0 radical (unpaired) electrons. The SMILES string of the molecule is CC(C)(C)OC(=O)NCc1cc2cc(-c3ncc(C(=O)N4CCC(F)(F)CC4)cc3F)cc(-c3ccc(F)cc3)c2o1. The van der Waals surface area contributed by atoms with Crippen LogP contribution in [0.3, 0.4) is 0 Å². The van der Waals surface area contributed by atoms with Crippen LogP contribution in [0.4, 0.5) is 22.4 Å². The fourth-order valence-electron chi connectivity index (χ4n) is 4.73. The maximum atomic E-state index is 15.4. The Balaban J connectivity index is 1.47. The summed E-state index contributed by atoms with van der Waals surface area (Å²) >= 11 is 0. The molecule has 4 aromatic rings. The topological polar surface area (TPSA) is 84.7 Å². The summed E-state index contributed by atoms with van der Waals surface area (Å²) in [5.74, 6) is -4.19. The van der Waals surface area contributed by atoms with Gasteiger partial charge in [0.25, 0.3) is 11.8 Å². The molecule has 0 atom stereocenters. The predicted molar refractivity (Wildman–Crippen MR) is 148 cm³/mol. The number of hydrogen-bond donors (Lipinski definition) is 1. The molecule has 0 aliphatic carbocycles. The number of alkyl carbamates (subject to hydrolysis) is 1. The minimum Gasteiger partial charge on any atom is -0.459 e. The molecule has 1 aliphatic heterocycles. The number of likely N-dealkylation sites (tertiary alicyclic amines) is 1. The van der Waals surface area contributed by atoms with E-state index in [0.717, 1.165) is 6.07 Å². The highest BCUT2D eigenvalue weighted by Gasteiger charge is 2.36. The number of ether oxygens (including phenoxy) is 1. The second kappa shape index (κ2) is 11.1.